The Morgan fingerprint density at radius 3 is 1.75 bits per heavy atom. The first kappa shape index (κ1) is 21.7. The molecule has 8 heteroatoms. The van der Waals surface area contributed by atoms with Gasteiger partial charge in [-0.2, -0.15) is 4.31 Å². The highest BCUT2D eigenvalue weighted by molar-refractivity contribution is 7.89. The van der Waals surface area contributed by atoms with Gasteiger partial charge in [-0.1, -0.05) is 23.2 Å². The highest BCUT2D eigenvalue weighted by Gasteiger charge is 2.24. The Bertz CT molecular complexity index is 608. The van der Waals surface area contributed by atoms with Crippen LogP contribution in [0.2, 0.25) is 10.0 Å². The van der Waals surface area contributed by atoms with Crippen molar-refractivity contribution in [1.82, 2.24) is 14.1 Å². The Morgan fingerprint density at radius 2 is 1.33 bits per heavy atom. The van der Waals surface area contributed by atoms with Crippen LogP contribution in [0.1, 0.15) is 12.8 Å². The molecule has 5 nitrogen and oxygen atoms in total. The molecule has 0 fully saturated rings. The summed E-state index contributed by atoms with van der Waals surface area (Å²) in [6, 6.07) is 4.45. The Kier molecular flexibility index (Phi) is 8.98. The third-order valence-corrected chi connectivity index (χ3v) is 6.19. The molecule has 1 aromatic rings. The van der Waals surface area contributed by atoms with Crippen molar-refractivity contribution in [2.24, 2.45) is 0 Å². The predicted molar refractivity (Wildman–Crippen MR) is 102 cm³/mol. The molecule has 0 spiro atoms. The average Bonchev–Trinajstić information content (AvgIpc) is 2.47. The van der Waals surface area contributed by atoms with E-state index in [1.807, 2.05) is 38.0 Å². The molecule has 24 heavy (non-hydrogen) atoms. The first-order valence-electron chi connectivity index (χ1n) is 7.89. The van der Waals surface area contributed by atoms with Crippen LogP contribution in [0.25, 0.3) is 0 Å². The summed E-state index contributed by atoms with van der Waals surface area (Å²) in [6.07, 6.45) is 1.55. The molecular formula is C16H27Cl2N3O2S. The van der Waals surface area contributed by atoms with Gasteiger partial charge in [0.15, 0.2) is 0 Å². The number of sulfonamides is 1. The van der Waals surface area contributed by atoms with Crippen LogP contribution in [0.15, 0.2) is 23.1 Å². The van der Waals surface area contributed by atoms with Crippen LogP contribution in [0.3, 0.4) is 0 Å². The van der Waals surface area contributed by atoms with E-state index >= 15 is 0 Å². The van der Waals surface area contributed by atoms with Gasteiger partial charge in [0.05, 0.1) is 14.9 Å². The minimum atomic E-state index is -3.58. The molecule has 0 aliphatic carbocycles. The van der Waals surface area contributed by atoms with Crippen LogP contribution in [-0.2, 0) is 10.0 Å². The quantitative estimate of drug-likeness (QED) is 0.610. The zero-order valence-electron chi connectivity index (χ0n) is 14.8. The third-order valence-electron chi connectivity index (χ3n) is 3.55. The topological polar surface area (TPSA) is 43.9 Å². The summed E-state index contributed by atoms with van der Waals surface area (Å²) in [5, 5.41) is 0.599. The van der Waals surface area contributed by atoms with Crippen LogP contribution >= 0.6 is 23.2 Å². The van der Waals surface area contributed by atoms with Gasteiger partial charge in [-0.15, -0.1) is 0 Å². The van der Waals surface area contributed by atoms with Crippen molar-refractivity contribution < 1.29 is 8.42 Å². The van der Waals surface area contributed by atoms with Crippen molar-refractivity contribution in [1.29, 1.82) is 0 Å². The van der Waals surface area contributed by atoms with Crippen molar-refractivity contribution >= 4 is 33.2 Å². The van der Waals surface area contributed by atoms with Gasteiger partial charge in [-0.25, -0.2) is 8.42 Å². The van der Waals surface area contributed by atoms with Gasteiger partial charge in [-0.05, 0) is 72.3 Å². The van der Waals surface area contributed by atoms with E-state index in [2.05, 4.69) is 0 Å². The molecule has 0 heterocycles. The van der Waals surface area contributed by atoms with Crippen molar-refractivity contribution in [3.63, 3.8) is 0 Å². The maximum absolute atomic E-state index is 12.9. The van der Waals surface area contributed by atoms with Gasteiger partial charge in [-0.3, -0.25) is 0 Å². The van der Waals surface area contributed by atoms with E-state index < -0.39 is 10.0 Å². The van der Waals surface area contributed by atoms with Crippen LogP contribution < -0.4 is 0 Å². The minimum Gasteiger partial charge on any atom is -0.309 e. The predicted octanol–water partition coefficient (Wildman–Crippen LogP) is 2.89. The molecule has 0 aliphatic rings. The van der Waals surface area contributed by atoms with Crippen LogP contribution in [0, 0.1) is 0 Å². The SMILES string of the molecule is CN(C)CCCN(CCCN(C)C)S(=O)(=O)c1ccc(Cl)c(Cl)c1. The average molecular weight is 396 g/mol. The molecule has 0 saturated carbocycles. The maximum Gasteiger partial charge on any atom is 0.243 e. The molecule has 0 aliphatic heterocycles. The molecule has 138 valence electrons. The summed E-state index contributed by atoms with van der Waals surface area (Å²) < 4.78 is 27.4. The smallest absolute Gasteiger partial charge is 0.243 e. The van der Waals surface area contributed by atoms with Crippen LogP contribution in [0.4, 0.5) is 0 Å². The normalized spacial score (nSPS) is 12.5. The van der Waals surface area contributed by atoms with Gasteiger partial charge in [0.2, 0.25) is 10.0 Å². The molecule has 0 unspecified atom stereocenters. The number of hydrogen-bond acceptors (Lipinski definition) is 4. The Balaban J connectivity index is 2.93. The lowest BCUT2D eigenvalue weighted by Crippen LogP contribution is -2.35. The summed E-state index contributed by atoms with van der Waals surface area (Å²) in [7, 11) is 4.32. The van der Waals surface area contributed by atoms with Crippen LogP contribution in [0.5, 0.6) is 0 Å². The minimum absolute atomic E-state index is 0.187. The molecule has 0 saturated heterocycles. The molecule has 1 rings (SSSR count). The number of benzene rings is 1. The van der Waals surface area contributed by atoms with E-state index in [4.69, 9.17) is 23.2 Å². The van der Waals surface area contributed by atoms with E-state index in [9.17, 15) is 8.42 Å². The largest absolute Gasteiger partial charge is 0.309 e. The highest BCUT2D eigenvalue weighted by Crippen LogP contribution is 2.26. The van der Waals surface area contributed by atoms with E-state index in [1.165, 1.54) is 18.2 Å². The van der Waals surface area contributed by atoms with Crippen LogP contribution in [-0.4, -0.2) is 76.9 Å². The van der Waals surface area contributed by atoms with E-state index in [0.717, 1.165) is 25.9 Å². The fourth-order valence-corrected chi connectivity index (χ4v) is 4.17. The molecule has 0 N–H and O–H groups in total. The van der Waals surface area contributed by atoms with Gasteiger partial charge in [0.1, 0.15) is 0 Å². The lowest BCUT2D eigenvalue weighted by Gasteiger charge is -2.24. The summed E-state index contributed by atoms with van der Waals surface area (Å²) in [4.78, 5) is 4.28. The number of halogens is 2. The molecule has 0 radical (unpaired) electrons. The first-order valence-corrected chi connectivity index (χ1v) is 10.1. The van der Waals surface area contributed by atoms with Gasteiger partial charge < -0.3 is 9.80 Å². The number of hydrogen-bond donors (Lipinski definition) is 0. The summed E-state index contributed by atoms with van der Waals surface area (Å²) in [5.41, 5.74) is 0. The second-order valence-corrected chi connectivity index (χ2v) is 9.05. The number of nitrogens with zero attached hydrogens (tertiary/aromatic N) is 3. The Morgan fingerprint density at radius 1 is 0.833 bits per heavy atom. The summed E-state index contributed by atoms with van der Waals surface area (Å²) >= 11 is 11.9. The summed E-state index contributed by atoms with van der Waals surface area (Å²) in [5.74, 6) is 0. The number of rotatable bonds is 10. The van der Waals surface area contributed by atoms with Gasteiger partial charge in [0, 0.05) is 13.1 Å². The zero-order valence-corrected chi connectivity index (χ0v) is 17.1. The molecule has 1 aromatic carbocycles. The Labute approximate surface area is 156 Å². The Hall–Kier alpha value is -0.370. The first-order chi connectivity index (χ1) is 11.1. The van der Waals surface area contributed by atoms with Crippen molar-refractivity contribution in [2.75, 3.05) is 54.4 Å². The molecule has 0 aromatic heterocycles. The van der Waals surface area contributed by atoms with Crippen molar-refractivity contribution in [3.8, 4) is 0 Å². The lowest BCUT2D eigenvalue weighted by atomic mass is 10.3. The lowest BCUT2D eigenvalue weighted by molar-refractivity contribution is 0.326. The van der Waals surface area contributed by atoms with E-state index in [1.54, 1.807) is 4.31 Å². The third kappa shape index (κ3) is 6.86. The van der Waals surface area contributed by atoms with E-state index in [-0.39, 0.29) is 9.92 Å². The monoisotopic (exact) mass is 395 g/mol. The molecular weight excluding hydrogens is 369 g/mol. The van der Waals surface area contributed by atoms with Crippen molar-refractivity contribution in [2.45, 2.75) is 17.7 Å². The molecule has 0 bridgehead atoms. The molecule has 0 atom stereocenters. The van der Waals surface area contributed by atoms with Gasteiger partial charge in [0.25, 0.3) is 0 Å². The fourth-order valence-electron chi connectivity index (χ4n) is 2.27. The maximum atomic E-state index is 12.9. The second-order valence-electron chi connectivity index (χ2n) is 6.29. The zero-order chi connectivity index (χ0) is 18.3. The van der Waals surface area contributed by atoms with Crippen molar-refractivity contribution in [3.05, 3.63) is 28.2 Å². The molecule has 0 amide bonds. The van der Waals surface area contributed by atoms with Gasteiger partial charge >= 0.3 is 0 Å². The van der Waals surface area contributed by atoms with E-state index in [0.29, 0.717) is 18.1 Å². The summed E-state index contributed by atoms with van der Waals surface area (Å²) in [6.45, 7) is 2.63. The highest BCUT2D eigenvalue weighted by atomic mass is 35.5. The fraction of sp³-hybridized carbons (Fsp3) is 0.625. The second kappa shape index (κ2) is 9.94. The standard InChI is InChI=1S/C16H27Cl2N3O2S/c1-19(2)9-5-11-21(12-6-10-20(3)4)24(22,23)14-7-8-15(17)16(18)13-14/h7-8,13H,5-6,9-12H2,1-4H3.